The molecule has 2 heterocycles. The average Bonchev–Trinajstić information content (AvgIpc) is 3.22. The molecule has 1 aliphatic rings. The Morgan fingerprint density at radius 2 is 1.59 bits per heavy atom. The zero-order chi connectivity index (χ0) is 22.9. The molecule has 0 amide bonds. The Hall–Kier alpha value is -1.77. The van der Waals surface area contributed by atoms with Crippen molar-refractivity contribution in [2.75, 3.05) is 26.2 Å². The molecule has 0 unspecified atom stereocenters. The van der Waals surface area contributed by atoms with Gasteiger partial charge in [-0.1, -0.05) is 56.6 Å². The van der Waals surface area contributed by atoms with Gasteiger partial charge in [-0.05, 0) is 35.2 Å². The highest BCUT2D eigenvalue weighted by molar-refractivity contribution is 7.89. The number of aromatic nitrogens is 1. The van der Waals surface area contributed by atoms with Gasteiger partial charge in [-0.2, -0.15) is 4.31 Å². The van der Waals surface area contributed by atoms with E-state index in [-0.39, 0.29) is 5.41 Å². The molecular weight excluding hydrogens is 462 g/mol. The van der Waals surface area contributed by atoms with Crippen LogP contribution in [0.1, 0.15) is 31.3 Å². The molecule has 1 aromatic heterocycles. The molecule has 0 bridgehead atoms. The Balaban J connectivity index is 1.36. The Bertz CT molecular complexity index is 1160. The molecule has 0 spiro atoms. The molecule has 1 aliphatic heterocycles. The minimum absolute atomic E-state index is 0.00281. The molecule has 8 heteroatoms. The van der Waals surface area contributed by atoms with Crippen molar-refractivity contribution in [3.8, 4) is 11.3 Å². The summed E-state index contributed by atoms with van der Waals surface area (Å²) in [5.41, 5.74) is 3.12. The minimum atomic E-state index is -3.47. The number of benzene rings is 2. The zero-order valence-electron chi connectivity index (χ0n) is 18.6. The summed E-state index contributed by atoms with van der Waals surface area (Å²) in [6, 6.07) is 15.0. The molecule has 0 radical (unpaired) electrons. The summed E-state index contributed by atoms with van der Waals surface area (Å²) >= 11 is 7.60. The third-order valence-electron chi connectivity index (χ3n) is 5.74. The molecule has 3 aromatic rings. The number of halogens is 1. The standard InChI is InChI=1S/C24H28ClN3O2S2/c1-24(2,3)19-6-10-21(11-7-19)32(29,30)28-14-12-27(13-15-28)16-23-26-22(17-31-23)18-4-8-20(25)9-5-18/h4-11,17H,12-16H2,1-3H3. The van der Waals surface area contributed by atoms with Crippen LogP contribution in [0.15, 0.2) is 58.8 Å². The highest BCUT2D eigenvalue weighted by atomic mass is 35.5. The van der Waals surface area contributed by atoms with Crippen LogP contribution < -0.4 is 0 Å². The maximum absolute atomic E-state index is 13.1. The van der Waals surface area contributed by atoms with Crippen LogP contribution in [0.3, 0.4) is 0 Å². The predicted molar refractivity (Wildman–Crippen MR) is 132 cm³/mol. The van der Waals surface area contributed by atoms with E-state index in [1.807, 2.05) is 36.4 Å². The molecule has 170 valence electrons. The van der Waals surface area contributed by atoms with Gasteiger partial charge in [-0.25, -0.2) is 13.4 Å². The molecule has 0 atom stereocenters. The number of piperazine rings is 1. The van der Waals surface area contributed by atoms with E-state index in [0.29, 0.717) is 36.1 Å². The Labute approximate surface area is 199 Å². The van der Waals surface area contributed by atoms with Gasteiger partial charge in [-0.15, -0.1) is 11.3 Å². The second-order valence-electron chi connectivity index (χ2n) is 9.09. The summed E-state index contributed by atoms with van der Waals surface area (Å²) in [4.78, 5) is 7.38. The first-order valence-corrected chi connectivity index (χ1v) is 13.4. The largest absolute Gasteiger partial charge is 0.294 e. The fraction of sp³-hybridized carbons (Fsp3) is 0.375. The van der Waals surface area contributed by atoms with Gasteiger partial charge in [-0.3, -0.25) is 4.90 Å². The van der Waals surface area contributed by atoms with E-state index < -0.39 is 10.0 Å². The first kappa shape index (κ1) is 23.4. The molecular formula is C24H28ClN3O2S2. The van der Waals surface area contributed by atoms with Crippen LogP contribution in [-0.2, 0) is 22.0 Å². The SMILES string of the molecule is CC(C)(C)c1ccc(S(=O)(=O)N2CCN(Cc3nc(-c4ccc(Cl)cc4)cs3)CC2)cc1. The molecule has 1 saturated heterocycles. The number of thiazole rings is 1. The lowest BCUT2D eigenvalue weighted by Crippen LogP contribution is -2.48. The fourth-order valence-electron chi connectivity index (χ4n) is 3.73. The minimum Gasteiger partial charge on any atom is -0.294 e. The lowest BCUT2D eigenvalue weighted by Gasteiger charge is -2.33. The predicted octanol–water partition coefficient (Wildman–Crippen LogP) is 5.27. The normalized spacial score (nSPS) is 16.4. The van der Waals surface area contributed by atoms with Crippen LogP contribution >= 0.6 is 22.9 Å². The second kappa shape index (κ2) is 9.23. The molecule has 0 aliphatic carbocycles. The van der Waals surface area contributed by atoms with Crippen LogP contribution in [0.4, 0.5) is 0 Å². The number of rotatable bonds is 5. The van der Waals surface area contributed by atoms with Crippen molar-refractivity contribution in [1.29, 1.82) is 0 Å². The van der Waals surface area contributed by atoms with E-state index in [2.05, 4.69) is 31.1 Å². The summed E-state index contributed by atoms with van der Waals surface area (Å²) in [7, 11) is -3.47. The van der Waals surface area contributed by atoms with Crippen LogP contribution in [0.5, 0.6) is 0 Å². The van der Waals surface area contributed by atoms with Gasteiger partial charge in [0.25, 0.3) is 0 Å². The van der Waals surface area contributed by atoms with Gasteiger partial charge in [0.15, 0.2) is 0 Å². The second-order valence-corrected chi connectivity index (χ2v) is 12.4. The molecule has 4 rings (SSSR count). The van der Waals surface area contributed by atoms with Gasteiger partial charge in [0, 0.05) is 42.1 Å². The smallest absolute Gasteiger partial charge is 0.243 e. The number of nitrogens with zero attached hydrogens (tertiary/aromatic N) is 3. The van der Waals surface area contributed by atoms with Crippen LogP contribution in [0.25, 0.3) is 11.3 Å². The van der Waals surface area contributed by atoms with Crippen molar-refractivity contribution in [3.63, 3.8) is 0 Å². The Kier molecular flexibility index (Phi) is 6.75. The molecule has 0 saturated carbocycles. The molecule has 2 aromatic carbocycles. The van der Waals surface area contributed by atoms with Crippen molar-refractivity contribution in [1.82, 2.24) is 14.2 Å². The van der Waals surface area contributed by atoms with E-state index in [1.165, 1.54) is 0 Å². The Morgan fingerprint density at radius 3 is 2.19 bits per heavy atom. The topological polar surface area (TPSA) is 53.5 Å². The van der Waals surface area contributed by atoms with Crippen molar-refractivity contribution in [2.24, 2.45) is 0 Å². The van der Waals surface area contributed by atoms with E-state index in [4.69, 9.17) is 16.6 Å². The lowest BCUT2D eigenvalue weighted by atomic mass is 9.87. The molecule has 5 nitrogen and oxygen atoms in total. The summed E-state index contributed by atoms with van der Waals surface area (Å²) in [6.45, 7) is 9.44. The average molecular weight is 490 g/mol. The van der Waals surface area contributed by atoms with Gasteiger partial charge in [0.1, 0.15) is 5.01 Å². The summed E-state index contributed by atoms with van der Waals surface area (Å²) in [5, 5.41) is 3.80. The van der Waals surface area contributed by atoms with E-state index in [1.54, 1.807) is 27.8 Å². The van der Waals surface area contributed by atoms with Crippen molar-refractivity contribution in [3.05, 3.63) is 69.5 Å². The summed E-state index contributed by atoms with van der Waals surface area (Å²) in [6.07, 6.45) is 0. The zero-order valence-corrected chi connectivity index (χ0v) is 21.0. The van der Waals surface area contributed by atoms with Gasteiger partial charge < -0.3 is 0 Å². The van der Waals surface area contributed by atoms with Crippen LogP contribution in [-0.4, -0.2) is 48.8 Å². The number of hydrogen-bond acceptors (Lipinski definition) is 5. The highest BCUT2D eigenvalue weighted by Crippen LogP contribution is 2.27. The van der Waals surface area contributed by atoms with Crippen molar-refractivity contribution in [2.45, 2.75) is 37.6 Å². The number of sulfonamides is 1. The van der Waals surface area contributed by atoms with Crippen LogP contribution in [0, 0.1) is 0 Å². The third kappa shape index (κ3) is 5.24. The molecule has 0 N–H and O–H groups in total. The maximum Gasteiger partial charge on any atom is 0.243 e. The fourth-order valence-corrected chi connectivity index (χ4v) is 6.12. The Morgan fingerprint density at radius 1 is 0.969 bits per heavy atom. The van der Waals surface area contributed by atoms with E-state index in [0.717, 1.165) is 28.4 Å². The summed E-state index contributed by atoms with van der Waals surface area (Å²) < 4.78 is 27.8. The van der Waals surface area contributed by atoms with Crippen molar-refractivity contribution >= 4 is 33.0 Å². The summed E-state index contributed by atoms with van der Waals surface area (Å²) in [5.74, 6) is 0. The van der Waals surface area contributed by atoms with Gasteiger partial charge >= 0.3 is 0 Å². The highest BCUT2D eigenvalue weighted by Gasteiger charge is 2.29. The van der Waals surface area contributed by atoms with Crippen molar-refractivity contribution < 1.29 is 8.42 Å². The van der Waals surface area contributed by atoms with Gasteiger partial charge in [0.05, 0.1) is 17.1 Å². The first-order valence-electron chi connectivity index (χ1n) is 10.7. The van der Waals surface area contributed by atoms with E-state index >= 15 is 0 Å². The first-order chi connectivity index (χ1) is 15.1. The quantitative estimate of drug-likeness (QED) is 0.490. The molecule has 32 heavy (non-hydrogen) atoms. The molecule has 1 fully saturated rings. The lowest BCUT2D eigenvalue weighted by molar-refractivity contribution is 0.181. The third-order valence-corrected chi connectivity index (χ3v) is 8.74. The maximum atomic E-state index is 13.1. The van der Waals surface area contributed by atoms with E-state index in [9.17, 15) is 8.42 Å². The monoisotopic (exact) mass is 489 g/mol. The van der Waals surface area contributed by atoms with Crippen LogP contribution in [0.2, 0.25) is 5.02 Å². The van der Waals surface area contributed by atoms with Gasteiger partial charge in [0.2, 0.25) is 10.0 Å². The number of hydrogen-bond donors (Lipinski definition) is 0.